The average Bonchev–Trinajstić information content (AvgIpc) is 2.10. The highest BCUT2D eigenvalue weighted by Crippen LogP contribution is 2.20. The van der Waals surface area contributed by atoms with Gasteiger partial charge in [-0.3, -0.25) is 4.79 Å². The molecule has 0 radical (unpaired) electrons. The first kappa shape index (κ1) is 12.1. The van der Waals surface area contributed by atoms with Crippen molar-refractivity contribution in [3.8, 4) is 0 Å². The largest absolute Gasteiger partial charge is 0.468 e. The van der Waals surface area contributed by atoms with Crippen LogP contribution in [0.2, 0.25) is 0 Å². The van der Waals surface area contributed by atoms with Crippen molar-refractivity contribution in [3.63, 3.8) is 0 Å². The van der Waals surface area contributed by atoms with Crippen LogP contribution in [0.3, 0.4) is 0 Å². The number of carbonyl (C=O) groups is 1. The van der Waals surface area contributed by atoms with Gasteiger partial charge in [0.25, 0.3) is 0 Å². The third kappa shape index (κ3) is 5.70. The summed E-state index contributed by atoms with van der Waals surface area (Å²) in [5, 5.41) is 8.43. The molecule has 0 aliphatic rings. The van der Waals surface area contributed by atoms with Gasteiger partial charge in [-0.2, -0.15) is 0 Å². The summed E-state index contributed by atoms with van der Waals surface area (Å²) in [5.41, 5.74) is 5.44. The SMILES string of the molecule is COC(=O)[C@@H](N)CSSCCO. The van der Waals surface area contributed by atoms with Gasteiger partial charge in [0.1, 0.15) is 6.04 Å². The van der Waals surface area contributed by atoms with Crippen molar-refractivity contribution in [3.05, 3.63) is 0 Å². The molecule has 0 saturated carbocycles. The van der Waals surface area contributed by atoms with Gasteiger partial charge < -0.3 is 15.6 Å². The fourth-order valence-electron chi connectivity index (χ4n) is 0.437. The van der Waals surface area contributed by atoms with Gasteiger partial charge in [0.15, 0.2) is 0 Å². The van der Waals surface area contributed by atoms with Gasteiger partial charge in [-0.1, -0.05) is 21.6 Å². The fraction of sp³-hybridized carbons (Fsp3) is 0.833. The van der Waals surface area contributed by atoms with E-state index in [9.17, 15) is 4.79 Å². The summed E-state index contributed by atoms with van der Waals surface area (Å²) in [4.78, 5) is 10.8. The molecule has 0 aliphatic heterocycles. The number of aliphatic hydroxyl groups is 1. The Kier molecular flexibility index (Phi) is 7.78. The van der Waals surface area contributed by atoms with E-state index >= 15 is 0 Å². The van der Waals surface area contributed by atoms with Crippen molar-refractivity contribution in [1.82, 2.24) is 0 Å². The number of esters is 1. The lowest BCUT2D eigenvalue weighted by Gasteiger charge is -2.07. The first-order valence-corrected chi connectivity index (χ1v) is 5.90. The maximum Gasteiger partial charge on any atom is 0.323 e. The first-order chi connectivity index (χ1) is 5.72. The Morgan fingerprint density at radius 1 is 1.67 bits per heavy atom. The quantitative estimate of drug-likeness (QED) is 0.362. The average molecular weight is 211 g/mol. The van der Waals surface area contributed by atoms with Gasteiger partial charge in [-0.25, -0.2) is 0 Å². The minimum absolute atomic E-state index is 0.144. The van der Waals surface area contributed by atoms with Crippen molar-refractivity contribution in [2.45, 2.75) is 6.04 Å². The van der Waals surface area contributed by atoms with Crippen LogP contribution in [-0.4, -0.2) is 42.3 Å². The topological polar surface area (TPSA) is 72.5 Å². The van der Waals surface area contributed by atoms with E-state index < -0.39 is 12.0 Å². The van der Waals surface area contributed by atoms with Gasteiger partial charge in [0, 0.05) is 11.5 Å². The zero-order chi connectivity index (χ0) is 9.40. The van der Waals surface area contributed by atoms with Crippen LogP contribution < -0.4 is 5.73 Å². The van der Waals surface area contributed by atoms with E-state index in [4.69, 9.17) is 10.8 Å². The summed E-state index contributed by atoms with van der Waals surface area (Å²) < 4.78 is 4.43. The number of carbonyl (C=O) groups excluding carboxylic acids is 1. The van der Waals surface area contributed by atoms with E-state index in [1.165, 1.54) is 28.7 Å². The molecule has 6 heteroatoms. The standard InChI is InChI=1S/C6H13NO3S2/c1-10-6(9)5(7)4-12-11-3-2-8/h5,8H,2-4,7H2,1H3/t5-/m0/s1. The molecule has 1 atom stereocenters. The monoisotopic (exact) mass is 211 g/mol. The van der Waals surface area contributed by atoms with Gasteiger partial charge in [-0.15, -0.1) is 0 Å². The van der Waals surface area contributed by atoms with E-state index in [0.29, 0.717) is 11.5 Å². The summed E-state index contributed by atoms with van der Waals surface area (Å²) >= 11 is 0. The van der Waals surface area contributed by atoms with Crippen LogP contribution in [-0.2, 0) is 9.53 Å². The van der Waals surface area contributed by atoms with E-state index in [0.717, 1.165) is 0 Å². The minimum Gasteiger partial charge on any atom is -0.468 e. The minimum atomic E-state index is -0.564. The van der Waals surface area contributed by atoms with E-state index in [1.807, 2.05) is 0 Å². The molecular weight excluding hydrogens is 198 g/mol. The summed E-state index contributed by atoms with van der Waals surface area (Å²) in [6, 6.07) is -0.564. The molecular formula is C6H13NO3S2. The van der Waals surface area contributed by atoms with Crippen LogP contribution in [0.4, 0.5) is 0 Å². The lowest BCUT2D eigenvalue weighted by Crippen LogP contribution is -2.33. The van der Waals surface area contributed by atoms with Crippen LogP contribution >= 0.6 is 21.6 Å². The van der Waals surface area contributed by atoms with Crippen LogP contribution in [0.25, 0.3) is 0 Å². The smallest absolute Gasteiger partial charge is 0.323 e. The fourth-order valence-corrected chi connectivity index (χ4v) is 2.31. The van der Waals surface area contributed by atoms with Crippen molar-refractivity contribution in [2.75, 3.05) is 25.2 Å². The Hall–Kier alpha value is 0.0900. The van der Waals surface area contributed by atoms with Gasteiger partial charge in [-0.05, 0) is 0 Å². The molecule has 72 valence electrons. The van der Waals surface area contributed by atoms with Crippen LogP contribution in [0.15, 0.2) is 0 Å². The van der Waals surface area contributed by atoms with Crippen LogP contribution in [0.5, 0.6) is 0 Å². The van der Waals surface area contributed by atoms with Gasteiger partial charge >= 0.3 is 5.97 Å². The second kappa shape index (κ2) is 7.72. The lowest BCUT2D eigenvalue weighted by atomic mass is 10.4. The Morgan fingerprint density at radius 2 is 2.33 bits per heavy atom. The number of hydrogen-bond donors (Lipinski definition) is 2. The molecule has 0 spiro atoms. The summed E-state index contributed by atoms with van der Waals surface area (Å²) in [6.45, 7) is 0.144. The van der Waals surface area contributed by atoms with Crippen molar-refractivity contribution in [2.24, 2.45) is 5.73 Å². The predicted octanol–water partition coefficient (Wildman–Crippen LogP) is -0.140. The number of aliphatic hydroxyl groups excluding tert-OH is 1. The predicted molar refractivity (Wildman–Crippen MR) is 52.0 cm³/mol. The zero-order valence-electron chi connectivity index (χ0n) is 6.86. The second-order valence-electron chi connectivity index (χ2n) is 1.96. The highest BCUT2D eigenvalue weighted by molar-refractivity contribution is 8.76. The highest BCUT2D eigenvalue weighted by atomic mass is 33.1. The lowest BCUT2D eigenvalue weighted by molar-refractivity contribution is -0.141. The summed E-state index contributed by atoms with van der Waals surface area (Å²) in [6.07, 6.45) is 0. The highest BCUT2D eigenvalue weighted by Gasteiger charge is 2.12. The molecule has 4 nitrogen and oxygen atoms in total. The van der Waals surface area contributed by atoms with E-state index in [-0.39, 0.29) is 6.61 Å². The number of nitrogens with two attached hydrogens (primary N) is 1. The van der Waals surface area contributed by atoms with Gasteiger partial charge in [0.2, 0.25) is 0 Å². The van der Waals surface area contributed by atoms with Crippen LogP contribution in [0, 0.1) is 0 Å². The molecule has 12 heavy (non-hydrogen) atoms. The zero-order valence-corrected chi connectivity index (χ0v) is 8.49. The molecule has 0 amide bonds. The Balaban J connectivity index is 3.31. The van der Waals surface area contributed by atoms with Crippen molar-refractivity contribution in [1.29, 1.82) is 0 Å². The number of methoxy groups -OCH3 is 1. The van der Waals surface area contributed by atoms with E-state index in [2.05, 4.69) is 4.74 Å². The third-order valence-corrected chi connectivity index (χ3v) is 3.43. The Morgan fingerprint density at radius 3 is 2.83 bits per heavy atom. The van der Waals surface area contributed by atoms with Gasteiger partial charge in [0.05, 0.1) is 13.7 Å². The third-order valence-electron chi connectivity index (χ3n) is 1.01. The maximum absolute atomic E-state index is 10.8. The molecule has 0 unspecified atom stereocenters. The summed E-state index contributed by atoms with van der Waals surface area (Å²) in [5.74, 6) is 0.766. The Bertz CT molecular complexity index is 134. The van der Waals surface area contributed by atoms with E-state index in [1.54, 1.807) is 0 Å². The molecule has 0 rings (SSSR count). The molecule has 0 bridgehead atoms. The summed E-state index contributed by atoms with van der Waals surface area (Å²) in [7, 11) is 4.26. The molecule has 0 fully saturated rings. The molecule has 0 heterocycles. The number of hydrogen-bond acceptors (Lipinski definition) is 6. The second-order valence-corrected chi connectivity index (χ2v) is 4.59. The molecule has 0 aromatic heterocycles. The first-order valence-electron chi connectivity index (χ1n) is 3.41. The van der Waals surface area contributed by atoms with Crippen molar-refractivity contribution < 1.29 is 14.6 Å². The van der Waals surface area contributed by atoms with Crippen molar-refractivity contribution >= 4 is 27.6 Å². The Labute approximate surface area is 79.6 Å². The molecule has 0 aliphatic carbocycles. The number of rotatable bonds is 6. The van der Waals surface area contributed by atoms with Crippen LogP contribution in [0.1, 0.15) is 0 Å². The maximum atomic E-state index is 10.8. The molecule has 0 aromatic rings. The normalized spacial score (nSPS) is 12.6. The molecule has 0 aromatic carbocycles. The molecule has 0 saturated heterocycles. The number of ether oxygens (including phenoxy) is 1. The molecule has 3 N–H and O–H groups in total.